The first-order valence-electron chi connectivity index (χ1n) is 9.26. The molecule has 134 valence electrons. The van der Waals surface area contributed by atoms with E-state index in [1.165, 1.54) is 37.1 Å². The van der Waals surface area contributed by atoms with Crippen molar-refractivity contribution >= 4 is 6.03 Å². The number of aromatic nitrogens is 2. The molecule has 6 heteroatoms. The lowest BCUT2D eigenvalue weighted by Gasteiger charge is -2.49. The molecule has 2 saturated heterocycles. The molecule has 1 N–H and O–H groups in total. The van der Waals surface area contributed by atoms with E-state index in [-0.39, 0.29) is 6.03 Å². The van der Waals surface area contributed by atoms with Gasteiger partial charge < -0.3 is 10.2 Å². The molecule has 24 heavy (non-hydrogen) atoms. The number of urea groups is 1. The minimum Gasteiger partial charge on any atom is -0.336 e. The number of aryl methyl sites for hydroxylation is 1. The highest BCUT2D eigenvalue weighted by Crippen LogP contribution is 2.24. The molecule has 2 fully saturated rings. The first-order valence-corrected chi connectivity index (χ1v) is 9.26. The zero-order chi connectivity index (χ0) is 17.3. The molecule has 0 unspecified atom stereocenters. The number of nitrogens with one attached hydrogen (secondary N) is 1. The van der Waals surface area contributed by atoms with E-state index in [0.29, 0.717) is 18.6 Å². The fourth-order valence-corrected chi connectivity index (χ4v) is 3.88. The Morgan fingerprint density at radius 3 is 2.62 bits per heavy atom. The molecule has 1 atom stereocenters. The van der Waals surface area contributed by atoms with Crippen molar-refractivity contribution in [3.63, 3.8) is 0 Å². The Bertz CT molecular complexity index is 590. The van der Waals surface area contributed by atoms with E-state index >= 15 is 0 Å². The maximum Gasteiger partial charge on any atom is 0.317 e. The van der Waals surface area contributed by atoms with Crippen LogP contribution in [0, 0.1) is 20.8 Å². The van der Waals surface area contributed by atoms with Crippen LogP contribution in [0.1, 0.15) is 43.1 Å². The van der Waals surface area contributed by atoms with Crippen molar-refractivity contribution in [1.29, 1.82) is 0 Å². The first kappa shape index (κ1) is 17.3. The molecule has 6 nitrogen and oxygen atoms in total. The van der Waals surface area contributed by atoms with Gasteiger partial charge in [0.15, 0.2) is 0 Å². The van der Waals surface area contributed by atoms with Gasteiger partial charge in [0.25, 0.3) is 0 Å². The van der Waals surface area contributed by atoms with E-state index < -0.39 is 0 Å². The Labute approximate surface area is 145 Å². The lowest BCUT2D eigenvalue weighted by Crippen LogP contribution is -2.65. The third-order valence-electron chi connectivity index (χ3n) is 5.82. The summed E-state index contributed by atoms with van der Waals surface area (Å²) in [5, 5.41) is 7.54. The Morgan fingerprint density at radius 2 is 2.00 bits per heavy atom. The largest absolute Gasteiger partial charge is 0.336 e. The Hall–Kier alpha value is -1.56. The Kier molecular flexibility index (Phi) is 5.13. The molecule has 0 spiro atoms. The number of nitrogens with zero attached hydrogens (tertiary/aromatic N) is 4. The van der Waals surface area contributed by atoms with Gasteiger partial charge in [-0.3, -0.25) is 9.58 Å². The molecule has 2 amide bonds. The lowest BCUT2D eigenvalue weighted by atomic mass is 9.98. The van der Waals surface area contributed by atoms with Crippen LogP contribution >= 0.6 is 0 Å². The van der Waals surface area contributed by atoms with Crippen LogP contribution in [0.3, 0.4) is 0 Å². The number of amides is 2. The summed E-state index contributed by atoms with van der Waals surface area (Å²) in [5.74, 6) is 0. The van der Waals surface area contributed by atoms with Gasteiger partial charge in [0, 0.05) is 37.4 Å². The van der Waals surface area contributed by atoms with Crippen molar-refractivity contribution < 1.29 is 4.79 Å². The number of likely N-dealkylation sites (tertiary alicyclic amines) is 2. The highest BCUT2D eigenvalue weighted by atomic mass is 16.2. The van der Waals surface area contributed by atoms with E-state index in [0.717, 1.165) is 25.3 Å². The van der Waals surface area contributed by atoms with Crippen molar-refractivity contribution in [1.82, 2.24) is 24.9 Å². The van der Waals surface area contributed by atoms with Gasteiger partial charge in [-0.15, -0.1) is 0 Å². The molecule has 2 aliphatic heterocycles. The highest BCUT2D eigenvalue weighted by Gasteiger charge is 2.37. The van der Waals surface area contributed by atoms with E-state index in [9.17, 15) is 4.79 Å². The second-order valence-corrected chi connectivity index (χ2v) is 7.39. The average molecular weight is 333 g/mol. The fraction of sp³-hybridized carbons (Fsp3) is 0.778. The number of rotatable bonds is 4. The molecule has 3 heterocycles. The average Bonchev–Trinajstić information content (AvgIpc) is 2.75. The molecule has 0 aliphatic carbocycles. The van der Waals surface area contributed by atoms with Crippen LogP contribution in [0.2, 0.25) is 0 Å². The van der Waals surface area contributed by atoms with Gasteiger partial charge in [-0.1, -0.05) is 6.42 Å². The summed E-state index contributed by atoms with van der Waals surface area (Å²) in [6, 6.07) is 1.29. The van der Waals surface area contributed by atoms with Gasteiger partial charge in [0.1, 0.15) is 0 Å². The molecule has 1 aromatic rings. The Balaban J connectivity index is 1.40. The van der Waals surface area contributed by atoms with Crippen LogP contribution in [-0.4, -0.2) is 63.9 Å². The molecule has 1 aromatic heterocycles. The second-order valence-electron chi connectivity index (χ2n) is 7.39. The number of hydrogen-bond acceptors (Lipinski definition) is 3. The standard InChI is InChI=1S/C18H31N5O/c1-13-7-5-6-9-22(13)17-11-21(12-17)18(24)19-8-10-23-16(4)14(2)15(3)20-23/h13,17H,5-12H2,1-4H3,(H,19,24)/t13-/m0/s1. The Morgan fingerprint density at radius 1 is 1.25 bits per heavy atom. The van der Waals surface area contributed by atoms with E-state index in [1.807, 2.05) is 16.5 Å². The molecule has 0 aromatic carbocycles. The third-order valence-corrected chi connectivity index (χ3v) is 5.82. The predicted molar refractivity (Wildman–Crippen MR) is 95.2 cm³/mol. The molecular weight excluding hydrogens is 302 g/mol. The van der Waals surface area contributed by atoms with Crippen molar-refractivity contribution in [2.24, 2.45) is 0 Å². The monoisotopic (exact) mass is 333 g/mol. The number of hydrogen-bond donors (Lipinski definition) is 1. The van der Waals surface area contributed by atoms with Gasteiger partial charge >= 0.3 is 6.03 Å². The summed E-state index contributed by atoms with van der Waals surface area (Å²) in [4.78, 5) is 16.8. The van der Waals surface area contributed by atoms with Gasteiger partial charge in [-0.05, 0) is 52.6 Å². The molecule has 3 rings (SSSR count). The maximum absolute atomic E-state index is 12.2. The van der Waals surface area contributed by atoms with Gasteiger partial charge in [-0.2, -0.15) is 5.10 Å². The lowest BCUT2D eigenvalue weighted by molar-refractivity contribution is 0.0169. The highest BCUT2D eigenvalue weighted by molar-refractivity contribution is 5.75. The summed E-state index contributed by atoms with van der Waals surface area (Å²) in [6.07, 6.45) is 3.94. The quantitative estimate of drug-likeness (QED) is 0.918. The molecule has 0 saturated carbocycles. The van der Waals surface area contributed by atoms with E-state index in [1.54, 1.807) is 0 Å². The number of carbonyl (C=O) groups is 1. The fourth-order valence-electron chi connectivity index (χ4n) is 3.88. The molecule has 0 bridgehead atoms. The van der Waals surface area contributed by atoms with Crippen LogP contribution in [0.4, 0.5) is 4.79 Å². The van der Waals surface area contributed by atoms with Crippen molar-refractivity contribution in [3.8, 4) is 0 Å². The summed E-state index contributed by atoms with van der Waals surface area (Å²) in [5.41, 5.74) is 3.49. The third kappa shape index (κ3) is 3.43. The summed E-state index contributed by atoms with van der Waals surface area (Å²) >= 11 is 0. The van der Waals surface area contributed by atoms with Crippen molar-refractivity contribution in [3.05, 3.63) is 17.0 Å². The van der Waals surface area contributed by atoms with Gasteiger partial charge in [0.05, 0.1) is 12.2 Å². The predicted octanol–water partition coefficient (Wildman–Crippen LogP) is 2.08. The molecule has 0 radical (unpaired) electrons. The maximum atomic E-state index is 12.2. The zero-order valence-electron chi connectivity index (χ0n) is 15.5. The van der Waals surface area contributed by atoms with Crippen LogP contribution < -0.4 is 5.32 Å². The normalized spacial score (nSPS) is 22.5. The van der Waals surface area contributed by atoms with Crippen LogP contribution in [0.25, 0.3) is 0 Å². The number of carbonyl (C=O) groups excluding carboxylic acids is 1. The smallest absolute Gasteiger partial charge is 0.317 e. The van der Waals surface area contributed by atoms with E-state index in [4.69, 9.17) is 0 Å². The summed E-state index contributed by atoms with van der Waals surface area (Å²) in [6.45, 7) is 12.8. The first-order chi connectivity index (χ1) is 11.5. The van der Waals surface area contributed by atoms with Crippen LogP contribution in [0.15, 0.2) is 0 Å². The topological polar surface area (TPSA) is 53.4 Å². The van der Waals surface area contributed by atoms with Crippen molar-refractivity contribution in [2.75, 3.05) is 26.2 Å². The van der Waals surface area contributed by atoms with Crippen molar-refractivity contribution in [2.45, 2.75) is 65.6 Å². The summed E-state index contributed by atoms with van der Waals surface area (Å²) in [7, 11) is 0. The minimum absolute atomic E-state index is 0.0640. The van der Waals surface area contributed by atoms with E-state index in [2.05, 4.69) is 36.1 Å². The van der Waals surface area contributed by atoms with Gasteiger partial charge in [0.2, 0.25) is 0 Å². The molecular formula is C18H31N5O. The number of piperidine rings is 1. The van der Waals surface area contributed by atoms with Crippen LogP contribution in [0.5, 0.6) is 0 Å². The SMILES string of the molecule is Cc1nn(CCNC(=O)N2CC(N3CCCC[C@@H]3C)C2)c(C)c1C. The second kappa shape index (κ2) is 7.13. The molecule has 2 aliphatic rings. The van der Waals surface area contributed by atoms with Gasteiger partial charge in [-0.25, -0.2) is 4.79 Å². The zero-order valence-corrected chi connectivity index (χ0v) is 15.5. The summed E-state index contributed by atoms with van der Waals surface area (Å²) < 4.78 is 1.99. The minimum atomic E-state index is 0.0640. The van der Waals surface area contributed by atoms with Crippen LogP contribution in [-0.2, 0) is 6.54 Å².